The molecule has 0 radical (unpaired) electrons. The fourth-order valence-electron chi connectivity index (χ4n) is 2.53. The smallest absolute Gasteiger partial charge is 0.244 e. The van der Waals surface area contributed by atoms with Crippen LogP contribution in [-0.2, 0) is 16.6 Å². The molecule has 0 bridgehead atoms. The van der Waals surface area contributed by atoms with E-state index in [2.05, 4.69) is 18.8 Å². The van der Waals surface area contributed by atoms with E-state index in [0.29, 0.717) is 18.8 Å². The maximum absolute atomic E-state index is 12.7. The molecule has 1 aromatic heterocycles. The lowest BCUT2D eigenvalue weighted by atomic mass is 9.85. The van der Waals surface area contributed by atoms with Gasteiger partial charge in [-0.05, 0) is 30.4 Å². The zero-order chi connectivity index (χ0) is 14.1. The maximum Gasteiger partial charge on any atom is 0.244 e. The molecule has 0 atom stereocenters. The first-order valence-electron chi connectivity index (χ1n) is 6.51. The van der Waals surface area contributed by atoms with Gasteiger partial charge in [-0.25, -0.2) is 8.42 Å². The van der Waals surface area contributed by atoms with Crippen molar-refractivity contribution in [1.82, 2.24) is 9.29 Å². The number of hydrogen-bond donors (Lipinski definition) is 1. The topological polar surface area (TPSA) is 76.3 Å². The summed E-state index contributed by atoms with van der Waals surface area (Å²) in [5, 5.41) is 0. The summed E-state index contributed by atoms with van der Waals surface area (Å²) in [6.45, 7) is 5.45. The molecule has 2 rings (SSSR count). The van der Waals surface area contributed by atoms with E-state index in [1.165, 1.54) is 0 Å². The van der Waals surface area contributed by atoms with Crippen LogP contribution in [-0.4, -0.2) is 30.8 Å². The molecule has 1 fully saturated rings. The summed E-state index contributed by atoms with van der Waals surface area (Å²) in [4.78, 5) is 4.31. The molecule has 1 saturated heterocycles. The van der Waals surface area contributed by atoms with Gasteiger partial charge in [-0.2, -0.15) is 4.31 Å². The van der Waals surface area contributed by atoms with Crippen LogP contribution in [0.15, 0.2) is 23.2 Å². The van der Waals surface area contributed by atoms with Crippen molar-refractivity contribution in [2.45, 2.75) is 38.1 Å². The van der Waals surface area contributed by atoms with Crippen molar-refractivity contribution in [1.29, 1.82) is 0 Å². The number of nitrogens with zero attached hydrogens (tertiary/aromatic N) is 2. The minimum atomic E-state index is -3.48. The Morgan fingerprint density at radius 2 is 2.21 bits per heavy atom. The quantitative estimate of drug-likeness (QED) is 0.908. The van der Waals surface area contributed by atoms with Crippen molar-refractivity contribution in [3.8, 4) is 0 Å². The molecule has 19 heavy (non-hydrogen) atoms. The normalized spacial score (nSPS) is 20.4. The molecule has 0 aliphatic carbocycles. The number of nitrogens with two attached hydrogens (primary N) is 1. The molecule has 1 aliphatic rings. The lowest BCUT2D eigenvalue weighted by Gasteiger charge is -2.37. The van der Waals surface area contributed by atoms with E-state index in [0.717, 1.165) is 12.8 Å². The third kappa shape index (κ3) is 2.96. The SMILES string of the molecule is CC1(C)CCCN(S(=O)(=O)c2cccnc2CN)C1. The highest BCUT2D eigenvalue weighted by Crippen LogP contribution is 2.32. The van der Waals surface area contributed by atoms with E-state index in [9.17, 15) is 8.42 Å². The van der Waals surface area contributed by atoms with Crippen molar-refractivity contribution < 1.29 is 8.42 Å². The third-order valence-corrected chi connectivity index (χ3v) is 5.44. The number of rotatable bonds is 3. The van der Waals surface area contributed by atoms with Gasteiger partial charge >= 0.3 is 0 Å². The Bertz CT molecular complexity index is 555. The number of aromatic nitrogens is 1. The molecule has 0 saturated carbocycles. The molecule has 5 nitrogen and oxygen atoms in total. The molecule has 0 unspecified atom stereocenters. The number of sulfonamides is 1. The number of pyridine rings is 1. The average molecular weight is 283 g/mol. The summed E-state index contributed by atoms with van der Waals surface area (Å²) in [5.41, 5.74) is 6.04. The Balaban J connectivity index is 2.37. The molecule has 0 aromatic carbocycles. The zero-order valence-electron chi connectivity index (χ0n) is 11.5. The molecular weight excluding hydrogens is 262 g/mol. The summed E-state index contributed by atoms with van der Waals surface area (Å²) >= 11 is 0. The van der Waals surface area contributed by atoms with Crippen molar-refractivity contribution in [3.63, 3.8) is 0 Å². The third-order valence-electron chi connectivity index (χ3n) is 3.53. The lowest BCUT2D eigenvalue weighted by Crippen LogP contribution is -2.43. The van der Waals surface area contributed by atoms with Gasteiger partial charge in [0.2, 0.25) is 10.0 Å². The highest BCUT2D eigenvalue weighted by atomic mass is 32.2. The van der Waals surface area contributed by atoms with Crippen LogP contribution in [0.1, 0.15) is 32.4 Å². The number of piperidine rings is 1. The molecule has 1 aromatic rings. The van der Waals surface area contributed by atoms with Gasteiger partial charge in [-0.3, -0.25) is 4.98 Å². The number of hydrogen-bond acceptors (Lipinski definition) is 4. The van der Waals surface area contributed by atoms with Crippen LogP contribution in [0.2, 0.25) is 0 Å². The van der Waals surface area contributed by atoms with Gasteiger partial charge in [0.1, 0.15) is 4.90 Å². The standard InChI is InChI=1S/C13H21N3O2S/c1-13(2)6-4-8-16(10-13)19(17,18)12-5-3-7-15-11(12)9-14/h3,5,7H,4,6,8-10,14H2,1-2H3. The molecular formula is C13H21N3O2S. The van der Waals surface area contributed by atoms with Crippen molar-refractivity contribution >= 4 is 10.0 Å². The fourth-order valence-corrected chi connectivity index (χ4v) is 4.38. The minimum absolute atomic E-state index is 0.0242. The highest BCUT2D eigenvalue weighted by molar-refractivity contribution is 7.89. The average Bonchev–Trinajstić information content (AvgIpc) is 2.37. The first kappa shape index (κ1) is 14.4. The Labute approximate surface area is 114 Å². The summed E-state index contributed by atoms with van der Waals surface area (Å²) in [6, 6.07) is 3.23. The molecule has 106 valence electrons. The second kappa shape index (κ2) is 5.19. The van der Waals surface area contributed by atoms with Gasteiger partial charge in [0.25, 0.3) is 0 Å². The van der Waals surface area contributed by atoms with Crippen LogP contribution in [0.4, 0.5) is 0 Å². The van der Waals surface area contributed by atoms with Crippen LogP contribution in [0.25, 0.3) is 0 Å². The van der Waals surface area contributed by atoms with Crippen molar-refractivity contribution in [2.75, 3.05) is 13.1 Å². The molecule has 2 N–H and O–H groups in total. The summed E-state index contributed by atoms with van der Waals surface area (Å²) in [7, 11) is -3.48. The highest BCUT2D eigenvalue weighted by Gasteiger charge is 2.35. The fraction of sp³-hybridized carbons (Fsp3) is 0.615. The van der Waals surface area contributed by atoms with Gasteiger partial charge in [-0.15, -0.1) is 0 Å². The van der Waals surface area contributed by atoms with Gasteiger partial charge in [0, 0.05) is 25.8 Å². The second-order valence-electron chi connectivity index (χ2n) is 5.76. The predicted octanol–water partition coefficient (Wildman–Crippen LogP) is 1.35. The first-order chi connectivity index (χ1) is 8.87. The van der Waals surface area contributed by atoms with E-state index in [1.54, 1.807) is 22.6 Å². The molecule has 2 heterocycles. The van der Waals surface area contributed by atoms with Gasteiger partial charge in [0.05, 0.1) is 5.69 Å². The van der Waals surface area contributed by atoms with Crippen molar-refractivity contribution in [2.24, 2.45) is 11.1 Å². The van der Waals surface area contributed by atoms with E-state index in [-0.39, 0.29) is 16.9 Å². The molecule has 6 heteroatoms. The molecule has 0 amide bonds. The predicted molar refractivity (Wildman–Crippen MR) is 73.9 cm³/mol. The van der Waals surface area contributed by atoms with Gasteiger partial charge < -0.3 is 5.73 Å². The van der Waals surface area contributed by atoms with Crippen LogP contribution in [0.5, 0.6) is 0 Å². The Morgan fingerprint density at radius 3 is 2.84 bits per heavy atom. The monoisotopic (exact) mass is 283 g/mol. The van der Waals surface area contributed by atoms with Crippen LogP contribution in [0.3, 0.4) is 0 Å². The Kier molecular flexibility index (Phi) is 3.94. The van der Waals surface area contributed by atoms with E-state index in [4.69, 9.17) is 5.73 Å². The summed E-state index contributed by atoms with van der Waals surface area (Å²) in [6.07, 6.45) is 3.52. The van der Waals surface area contributed by atoms with Gasteiger partial charge in [0.15, 0.2) is 0 Å². The zero-order valence-corrected chi connectivity index (χ0v) is 12.3. The Hall–Kier alpha value is -0.980. The lowest BCUT2D eigenvalue weighted by molar-refractivity contribution is 0.187. The van der Waals surface area contributed by atoms with Gasteiger partial charge in [-0.1, -0.05) is 13.8 Å². The molecule has 1 aliphatic heterocycles. The van der Waals surface area contributed by atoms with Crippen molar-refractivity contribution in [3.05, 3.63) is 24.0 Å². The van der Waals surface area contributed by atoms with E-state index in [1.807, 2.05) is 0 Å². The summed E-state index contributed by atoms with van der Waals surface area (Å²) < 4.78 is 26.9. The van der Waals surface area contributed by atoms with E-state index < -0.39 is 10.0 Å². The van der Waals surface area contributed by atoms with E-state index >= 15 is 0 Å². The minimum Gasteiger partial charge on any atom is -0.325 e. The Morgan fingerprint density at radius 1 is 1.47 bits per heavy atom. The van der Waals surface area contributed by atoms with Crippen LogP contribution < -0.4 is 5.73 Å². The van der Waals surface area contributed by atoms with Crippen LogP contribution in [0, 0.1) is 5.41 Å². The maximum atomic E-state index is 12.7. The largest absolute Gasteiger partial charge is 0.325 e. The second-order valence-corrected chi connectivity index (χ2v) is 7.67. The summed E-state index contributed by atoms with van der Waals surface area (Å²) in [5.74, 6) is 0. The van der Waals surface area contributed by atoms with Crippen LogP contribution >= 0.6 is 0 Å². The molecule has 0 spiro atoms. The first-order valence-corrected chi connectivity index (χ1v) is 7.95.